The Kier molecular flexibility index (Phi) is 5.16. The van der Waals surface area contributed by atoms with E-state index in [0.717, 1.165) is 37.4 Å². The molecule has 3 N–H and O–H groups in total. The fourth-order valence-corrected chi connectivity index (χ4v) is 2.85. The quantitative estimate of drug-likeness (QED) is 0.741. The molecule has 132 valence electrons. The Morgan fingerprint density at radius 2 is 2.20 bits per heavy atom. The number of nitriles is 1. The zero-order valence-electron chi connectivity index (χ0n) is 14.2. The van der Waals surface area contributed by atoms with Crippen molar-refractivity contribution in [2.45, 2.75) is 12.5 Å². The van der Waals surface area contributed by atoms with Gasteiger partial charge in [0.15, 0.2) is 11.5 Å². The van der Waals surface area contributed by atoms with Crippen LogP contribution in [-0.2, 0) is 11.2 Å². The van der Waals surface area contributed by atoms with Crippen molar-refractivity contribution < 1.29 is 9.21 Å². The molecule has 1 fully saturated rings. The molecule has 8 nitrogen and oxygen atoms in total. The predicted octanol–water partition coefficient (Wildman–Crippen LogP) is 0.0892. The maximum Gasteiger partial charge on any atom is 0.238 e. The van der Waals surface area contributed by atoms with E-state index in [-0.39, 0.29) is 18.9 Å². The van der Waals surface area contributed by atoms with Gasteiger partial charge in [-0.15, -0.1) is 0 Å². The van der Waals surface area contributed by atoms with Crippen molar-refractivity contribution in [1.29, 1.82) is 5.26 Å². The number of nitrogens with two attached hydrogens (primary N) is 1. The number of hydrogen-bond acceptors (Lipinski definition) is 7. The van der Waals surface area contributed by atoms with Gasteiger partial charge in [-0.05, 0) is 19.2 Å². The minimum atomic E-state index is -0.793. The van der Waals surface area contributed by atoms with Crippen LogP contribution in [0.1, 0.15) is 5.89 Å². The Labute approximate surface area is 146 Å². The van der Waals surface area contributed by atoms with Crippen molar-refractivity contribution in [3.05, 3.63) is 24.1 Å². The van der Waals surface area contributed by atoms with Crippen molar-refractivity contribution in [3.63, 3.8) is 0 Å². The van der Waals surface area contributed by atoms with E-state index in [1.165, 1.54) is 0 Å². The van der Waals surface area contributed by atoms with Crippen LogP contribution in [0.4, 0.5) is 5.69 Å². The van der Waals surface area contributed by atoms with E-state index >= 15 is 0 Å². The molecular weight excluding hydrogens is 320 g/mol. The average Bonchev–Trinajstić information content (AvgIpc) is 3.01. The Hall–Kier alpha value is -2.63. The lowest BCUT2D eigenvalue weighted by atomic mass is 10.2. The van der Waals surface area contributed by atoms with E-state index in [9.17, 15) is 4.79 Å². The molecule has 1 unspecified atom stereocenters. The van der Waals surface area contributed by atoms with Crippen LogP contribution in [0.25, 0.3) is 11.1 Å². The summed E-state index contributed by atoms with van der Waals surface area (Å²) in [4.78, 5) is 20.8. The number of piperazine rings is 1. The van der Waals surface area contributed by atoms with E-state index in [4.69, 9.17) is 15.4 Å². The van der Waals surface area contributed by atoms with Crippen molar-refractivity contribution in [1.82, 2.24) is 15.2 Å². The number of likely N-dealkylation sites (N-methyl/N-ethyl adjacent to an activating group) is 1. The third-order valence-electron chi connectivity index (χ3n) is 4.36. The lowest BCUT2D eigenvalue weighted by molar-refractivity contribution is -0.122. The number of benzene rings is 1. The molecule has 0 spiro atoms. The molecule has 8 heteroatoms. The summed E-state index contributed by atoms with van der Waals surface area (Å²) in [6.45, 7) is 3.97. The van der Waals surface area contributed by atoms with Crippen molar-refractivity contribution in [3.8, 4) is 6.07 Å². The SMILES string of the molecule is CN1CCN(c2ccc3nc(CC(N)C(=O)NCC#N)oc3c2)CC1. The monoisotopic (exact) mass is 342 g/mol. The number of aromatic nitrogens is 1. The third kappa shape index (κ3) is 4.07. The molecule has 0 saturated carbocycles. The van der Waals surface area contributed by atoms with E-state index in [1.54, 1.807) is 0 Å². The van der Waals surface area contributed by atoms with Crippen LogP contribution in [0.3, 0.4) is 0 Å². The summed E-state index contributed by atoms with van der Waals surface area (Å²) in [5.74, 6) is 0.0343. The van der Waals surface area contributed by atoms with Crippen LogP contribution in [0.2, 0.25) is 0 Å². The second-order valence-corrected chi connectivity index (χ2v) is 6.24. The van der Waals surface area contributed by atoms with E-state index in [1.807, 2.05) is 24.3 Å². The normalized spacial score (nSPS) is 16.6. The molecule has 1 atom stereocenters. The molecule has 2 aromatic rings. The standard InChI is InChI=1S/C17H22N6O2/c1-22-6-8-23(9-7-22)12-2-3-14-15(10-12)25-16(21-14)11-13(19)17(24)20-5-4-18/h2-3,10,13H,5-9,11,19H2,1H3,(H,20,24). The van der Waals surface area contributed by atoms with E-state index in [0.29, 0.717) is 11.5 Å². The van der Waals surface area contributed by atoms with Crippen LogP contribution < -0.4 is 16.0 Å². The number of carbonyl (C=O) groups excluding carboxylic acids is 1. The van der Waals surface area contributed by atoms with Gasteiger partial charge in [-0.2, -0.15) is 5.26 Å². The molecule has 1 amide bonds. The highest BCUT2D eigenvalue weighted by Gasteiger charge is 2.19. The Balaban J connectivity index is 1.70. The molecule has 1 aromatic heterocycles. The topological polar surface area (TPSA) is 111 Å². The number of anilines is 1. The molecule has 1 aromatic carbocycles. The summed E-state index contributed by atoms with van der Waals surface area (Å²) in [5, 5.41) is 10.9. The van der Waals surface area contributed by atoms with E-state index < -0.39 is 6.04 Å². The van der Waals surface area contributed by atoms with Gasteiger partial charge in [0.1, 0.15) is 12.1 Å². The molecule has 3 rings (SSSR count). The molecule has 0 bridgehead atoms. The minimum absolute atomic E-state index is 0.0610. The van der Waals surface area contributed by atoms with Crippen LogP contribution in [0, 0.1) is 11.3 Å². The number of nitrogens with one attached hydrogen (secondary N) is 1. The lowest BCUT2D eigenvalue weighted by Gasteiger charge is -2.33. The van der Waals surface area contributed by atoms with Crippen LogP contribution >= 0.6 is 0 Å². The van der Waals surface area contributed by atoms with Gasteiger partial charge in [0.2, 0.25) is 5.91 Å². The second kappa shape index (κ2) is 7.51. The average molecular weight is 342 g/mol. The zero-order chi connectivity index (χ0) is 17.8. The van der Waals surface area contributed by atoms with Gasteiger partial charge in [-0.3, -0.25) is 4.79 Å². The van der Waals surface area contributed by atoms with Crippen molar-refractivity contribution >= 4 is 22.7 Å². The van der Waals surface area contributed by atoms with Gasteiger partial charge in [0, 0.05) is 44.4 Å². The maximum absolute atomic E-state index is 11.7. The van der Waals surface area contributed by atoms with Crippen molar-refractivity contribution in [2.75, 3.05) is 44.7 Å². The highest BCUT2D eigenvalue weighted by molar-refractivity contribution is 5.82. The van der Waals surface area contributed by atoms with Gasteiger partial charge >= 0.3 is 0 Å². The number of fused-ring (bicyclic) bond motifs is 1. The van der Waals surface area contributed by atoms with E-state index in [2.05, 4.69) is 27.1 Å². The van der Waals surface area contributed by atoms with Gasteiger partial charge in [0.25, 0.3) is 0 Å². The molecule has 0 aliphatic carbocycles. The van der Waals surface area contributed by atoms with Crippen LogP contribution in [0.5, 0.6) is 0 Å². The van der Waals surface area contributed by atoms with Crippen LogP contribution in [0.15, 0.2) is 22.6 Å². The summed E-state index contributed by atoms with van der Waals surface area (Å²) in [6.07, 6.45) is 0.190. The van der Waals surface area contributed by atoms with Gasteiger partial charge in [-0.25, -0.2) is 4.98 Å². The number of amides is 1. The molecule has 1 saturated heterocycles. The van der Waals surface area contributed by atoms with Gasteiger partial charge in [-0.1, -0.05) is 0 Å². The number of oxazole rings is 1. The summed E-state index contributed by atoms with van der Waals surface area (Å²) < 4.78 is 5.77. The first-order valence-electron chi connectivity index (χ1n) is 8.30. The van der Waals surface area contributed by atoms with Gasteiger partial charge < -0.3 is 25.3 Å². The predicted molar refractivity (Wildman–Crippen MR) is 94.0 cm³/mol. The highest BCUT2D eigenvalue weighted by atomic mass is 16.3. The summed E-state index contributed by atoms with van der Waals surface area (Å²) >= 11 is 0. The fourth-order valence-electron chi connectivity index (χ4n) is 2.85. The molecular formula is C17H22N6O2. The fraction of sp³-hybridized carbons (Fsp3) is 0.471. The summed E-state index contributed by atoms with van der Waals surface area (Å²) in [7, 11) is 2.12. The Morgan fingerprint density at radius 1 is 1.44 bits per heavy atom. The number of hydrogen-bond donors (Lipinski definition) is 2. The summed E-state index contributed by atoms with van der Waals surface area (Å²) in [6, 6.07) is 7.01. The number of rotatable bonds is 5. The van der Waals surface area contributed by atoms with Crippen LogP contribution in [-0.4, -0.2) is 61.6 Å². The molecule has 1 aliphatic rings. The molecule has 1 aliphatic heterocycles. The molecule has 25 heavy (non-hydrogen) atoms. The largest absolute Gasteiger partial charge is 0.441 e. The minimum Gasteiger partial charge on any atom is -0.441 e. The Bertz CT molecular complexity index is 788. The maximum atomic E-state index is 11.7. The first-order valence-corrected chi connectivity index (χ1v) is 8.30. The molecule has 2 heterocycles. The van der Waals surface area contributed by atoms with Gasteiger partial charge in [0.05, 0.1) is 12.1 Å². The zero-order valence-corrected chi connectivity index (χ0v) is 14.2. The van der Waals surface area contributed by atoms with Crippen molar-refractivity contribution in [2.24, 2.45) is 5.73 Å². The molecule has 0 radical (unpaired) electrons. The lowest BCUT2D eigenvalue weighted by Crippen LogP contribution is -2.44. The third-order valence-corrected chi connectivity index (χ3v) is 4.36. The first-order chi connectivity index (χ1) is 12.1. The second-order valence-electron chi connectivity index (χ2n) is 6.24. The smallest absolute Gasteiger partial charge is 0.238 e. The Morgan fingerprint density at radius 3 is 2.92 bits per heavy atom. The first kappa shape index (κ1) is 17.2. The highest BCUT2D eigenvalue weighted by Crippen LogP contribution is 2.24. The number of nitrogens with zero attached hydrogens (tertiary/aromatic N) is 4. The number of carbonyl (C=O) groups is 1. The summed E-state index contributed by atoms with van der Waals surface area (Å²) in [5.41, 5.74) is 8.39.